The lowest BCUT2D eigenvalue weighted by molar-refractivity contribution is -0.123. The third-order valence-electron chi connectivity index (χ3n) is 3.22. The van der Waals surface area contributed by atoms with Crippen molar-refractivity contribution in [3.05, 3.63) is 59.7 Å². The number of carbonyl (C=O) groups is 1. The van der Waals surface area contributed by atoms with Crippen molar-refractivity contribution < 1.29 is 14.3 Å². The van der Waals surface area contributed by atoms with Crippen LogP contribution >= 0.6 is 0 Å². The van der Waals surface area contributed by atoms with Crippen LogP contribution in [-0.4, -0.2) is 25.8 Å². The van der Waals surface area contributed by atoms with Crippen LogP contribution in [0, 0.1) is 0 Å². The fourth-order valence-corrected chi connectivity index (χ4v) is 1.87. The van der Waals surface area contributed by atoms with E-state index in [1.165, 1.54) is 5.56 Å². The van der Waals surface area contributed by atoms with Crippen molar-refractivity contribution in [3.8, 4) is 11.5 Å². The summed E-state index contributed by atoms with van der Waals surface area (Å²) in [5.74, 6) is 1.12. The van der Waals surface area contributed by atoms with E-state index in [-0.39, 0.29) is 12.5 Å². The zero-order valence-corrected chi connectivity index (χ0v) is 13.3. The zero-order valence-electron chi connectivity index (χ0n) is 13.3. The van der Waals surface area contributed by atoms with Crippen LogP contribution in [0.2, 0.25) is 0 Å². The number of hydrazone groups is 1. The van der Waals surface area contributed by atoms with Crippen LogP contribution in [0.4, 0.5) is 0 Å². The molecule has 0 atom stereocenters. The van der Waals surface area contributed by atoms with Crippen LogP contribution in [0.15, 0.2) is 53.6 Å². The summed E-state index contributed by atoms with van der Waals surface area (Å²) in [5, 5.41) is 3.89. The molecule has 0 unspecified atom stereocenters. The van der Waals surface area contributed by atoms with Crippen LogP contribution in [0.1, 0.15) is 18.1 Å². The van der Waals surface area contributed by atoms with Gasteiger partial charge in [0.05, 0.1) is 13.3 Å². The predicted octanol–water partition coefficient (Wildman–Crippen LogP) is 2.79. The molecule has 23 heavy (non-hydrogen) atoms. The molecule has 0 aliphatic rings. The van der Waals surface area contributed by atoms with E-state index in [9.17, 15) is 4.79 Å². The molecule has 1 N–H and O–H groups in total. The third-order valence-corrected chi connectivity index (χ3v) is 3.22. The van der Waals surface area contributed by atoms with E-state index < -0.39 is 0 Å². The van der Waals surface area contributed by atoms with E-state index in [1.54, 1.807) is 13.3 Å². The van der Waals surface area contributed by atoms with Gasteiger partial charge in [-0.25, -0.2) is 5.43 Å². The normalized spacial score (nSPS) is 10.5. The number of aryl methyl sites for hydroxylation is 1. The highest BCUT2D eigenvalue weighted by Crippen LogP contribution is 2.12. The number of rotatable bonds is 7. The molecule has 0 fully saturated rings. The average Bonchev–Trinajstić information content (AvgIpc) is 2.61. The zero-order chi connectivity index (χ0) is 16.5. The maximum absolute atomic E-state index is 11.7. The first-order chi connectivity index (χ1) is 11.2. The molecule has 0 bridgehead atoms. The molecule has 0 heterocycles. The lowest BCUT2D eigenvalue weighted by Crippen LogP contribution is -2.24. The van der Waals surface area contributed by atoms with E-state index in [2.05, 4.69) is 17.5 Å². The van der Waals surface area contributed by atoms with E-state index in [0.717, 1.165) is 17.7 Å². The smallest absolute Gasteiger partial charge is 0.277 e. The lowest BCUT2D eigenvalue weighted by atomic mass is 10.2. The Labute approximate surface area is 135 Å². The molecule has 0 aliphatic carbocycles. The van der Waals surface area contributed by atoms with Gasteiger partial charge in [-0.3, -0.25) is 4.79 Å². The van der Waals surface area contributed by atoms with Gasteiger partial charge in [0.25, 0.3) is 5.91 Å². The first kappa shape index (κ1) is 16.5. The van der Waals surface area contributed by atoms with Crippen molar-refractivity contribution in [2.75, 3.05) is 13.7 Å². The fraction of sp³-hybridized carbons (Fsp3) is 0.222. The van der Waals surface area contributed by atoms with Crippen molar-refractivity contribution in [2.45, 2.75) is 13.3 Å². The lowest BCUT2D eigenvalue weighted by Gasteiger charge is -2.05. The first-order valence-corrected chi connectivity index (χ1v) is 7.39. The van der Waals surface area contributed by atoms with Crippen LogP contribution < -0.4 is 14.9 Å². The second-order valence-electron chi connectivity index (χ2n) is 4.85. The molecule has 1 amide bonds. The Balaban J connectivity index is 1.76. The molecule has 2 rings (SSSR count). The van der Waals surface area contributed by atoms with Crippen LogP contribution in [0.5, 0.6) is 11.5 Å². The summed E-state index contributed by atoms with van der Waals surface area (Å²) >= 11 is 0. The number of nitrogens with zero attached hydrogens (tertiary/aromatic N) is 1. The quantitative estimate of drug-likeness (QED) is 0.632. The number of amides is 1. The Bertz CT molecular complexity index is 649. The number of carbonyl (C=O) groups excluding carboxylic acids is 1. The SMILES string of the molecule is CCc1ccc(OCC(=O)N/N=C\c2ccc(OC)cc2)cc1. The fourth-order valence-electron chi connectivity index (χ4n) is 1.87. The van der Waals surface area contributed by atoms with Crippen LogP contribution in [0.3, 0.4) is 0 Å². The third kappa shape index (κ3) is 5.47. The van der Waals surface area contributed by atoms with Crippen LogP contribution in [-0.2, 0) is 11.2 Å². The second kappa shape index (κ2) is 8.58. The molecule has 0 radical (unpaired) electrons. The van der Waals surface area contributed by atoms with Gasteiger partial charge in [-0.2, -0.15) is 5.10 Å². The molecule has 0 saturated heterocycles. The molecule has 120 valence electrons. The van der Waals surface area contributed by atoms with Gasteiger partial charge in [-0.1, -0.05) is 19.1 Å². The van der Waals surface area contributed by atoms with Crippen molar-refractivity contribution >= 4 is 12.1 Å². The van der Waals surface area contributed by atoms with Gasteiger partial charge in [0.2, 0.25) is 0 Å². The highest BCUT2D eigenvalue weighted by Gasteiger charge is 2.01. The molecule has 0 spiro atoms. The minimum Gasteiger partial charge on any atom is -0.497 e. The summed E-state index contributed by atoms with van der Waals surface area (Å²) in [4.78, 5) is 11.7. The monoisotopic (exact) mass is 312 g/mol. The molecular formula is C18H20N2O3. The average molecular weight is 312 g/mol. The summed E-state index contributed by atoms with van der Waals surface area (Å²) in [5.41, 5.74) is 4.52. The Morgan fingerprint density at radius 3 is 2.35 bits per heavy atom. The summed E-state index contributed by atoms with van der Waals surface area (Å²) in [6.45, 7) is 2.01. The van der Waals surface area contributed by atoms with Crippen molar-refractivity contribution in [1.29, 1.82) is 0 Å². The molecule has 5 nitrogen and oxygen atoms in total. The van der Waals surface area contributed by atoms with E-state index in [0.29, 0.717) is 5.75 Å². The number of ether oxygens (including phenoxy) is 2. The van der Waals surface area contributed by atoms with E-state index in [4.69, 9.17) is 9.47 Å². The number of benzene rings is 2. The number of methoxy groups -OCH3 is 1. The topological polar surface area (TPSA) is 59.9 Å². The Morgan fingerprint density at radius 1 is 1.09 bits per heavy atom. The minimum absolute atomic E-state index is 0.0780. The maximum atomic E-state index is 11.7. The molecule has 5 heteroatoms. The number of nitrogens with one attached hydrogen (secondary N) is 1. The molecule has 2 aromatic carbocycles. The second-order valence-corrected chi connectivity index (χ2v) is 4.85. The highest BCUT2D eigenvalue weighted by molar-refractivity contribution is 5.83. The molecule has 0 aromatic heterocycles. The Kier molecular flexibility index (Phi) is 6.17. The maximum Gasteiger partial charge on any atom is 0.277 e. The van der Waals surface area contributed by atoms with Gasteiger partial charge in [0, 0.05) is 0 Å². The predicted molar refractivity (Wildman–Crippen MR) is 90.0 cm³/mol. The summed E-state index contributed by atoms with van der Waals surface area (Å²) < 4.78 is 10.5. The van der Waals surface area contributed by atoms with E-state index in [1.807, 2.05) is 48.5 Å². The van der Waals surface area contributed by atoms with Crippen LogP contribution in [0.25, 0.3) is 0 Å². The van der Waals surface area contributed by atoms with Crippen molar-refractivity contribution in [3.63, 3.8) is 0 Å². The molecule has 0 saturated carbocycles. The summed E-state index contributed by atoms with van der Waals surface area (Å²) in [6.07, 6.45) is 2.54. The number of hydrogen-bond donors (Lipinski definition) is 1. The van der Waals surface area contributed by atoms with Gasteiger partial charge >= 0.3 is 0 Å². The van der Waals surface area contributed by atoms with Gasteiger partial charge < -0.3 is 9.47 Å². The highest BCUT2D eigenvalue weighted by atomic mass is 16.5. The largest absolute Gasteiger partial charge is 0.497 e. The summed E-state index contributed by atoms with van der Waals surface area (Å²) in [7, 11) is 1.61. The van der Waals surface area contributed by atoms with Gasteiger partial charge in [0.1, 0.15) is 11.5 Å². The molecule has 0 aliphatic heterocycles. The Morgan fingerprint density at radius 2 is 1.74 bits per heavy atom. The minimum atomic E-state index is -0.311. The van der Waals surface area contributed by atoms with Gasteiger partial charge in [-0.15, -0.1) is 0 Å². The van der Waals surface area contributed by atoms with Gasteiger partial charge in [-0.05, 0) is 53.9 Å². The summed E-state index contributed by atoms with van der Waals surface area (Å²) in [6, 6.07) is 15.0. The van der Waals surface area contributed by atoms with Crippen molar-refractivity contribution in [2.24, 2.45) is 5.10 Å². The van der Waals surface area contributed by atoms with Crippen molar-refractivity contribution in [1.82, 2.24) is 5.43 Å². The Hall–Kier alpha value is -2.82. The molecule has 2 aromatic rings. The standard InChI is InChI=1S/C18H20N2O3/c1-3-14-4-10-17(11-5-14)23-13-18(21)20-19-12-15-6-8-16(22-2)9-7-15/h4-12H,3,13H2,1-2H3,(H,20,21)/b19-12-. The van der Waals surface area contributed by atoms with Gasteiger partial charge in [0.15, 0.2) is 6.61 Å². The van der Waals surface area contributed by atoms with E-state index >= 15 is 0 Å². The molecular weight excluding hydrogens is 292 g/mol. The number of hydrogen-bond acceptors (Lipinski definition) is 4. The first-order valence-electron chi connectivity index (χ1n) is 7.39.